The van der Waals surface area contributed by atoms with Gasteiger partial charge in [0.1, 0.15) is 11.6 Å². The van der Waals surface area contributed by atoms with E-state index in [4.69, 9.17) is 16.2 Å². The largest absolute Gasteiger partial charge is 0.504 e. The second-order valence-electron chi connectivity index (χ2n) is 2.89. The van der Waals surface area contributed by atoms with Crippen LogP contribution in [0.5, 0.6) is 11.5 Å². The number of amides is 1. The number of phenolic OH excluding ortho intramolecular Hbond substituents is 2. The molecule has 0 radical (unpaired) electrons. The summed E-state index contributed by atoms with van der Waals surface area (Å²) in [4.78, 5) is 11.1. The van der Waals surface area contributed by atoms with E-state index < -0.39 is 5.91 Å². The van der Waals surface area contributed by atoms with Gasteiger partial charge in [-0.25, -0.2) is 5.84 Å². The molecule has 0 heterocycles. The quantitative estimate of drug-likeness (QED) is 0.139. The maximum absolute atomic E-state index is 11.1. The highest BCUT2D eigenvalue weighted by atomic mass is 16.3. The molecule has 1 aromatic carbocycles. The Labute approximate surface area is 91.2 Å². The predicted molar refractivity (Wildman–Crippen MR) is 55.7 cm³/mol. The van der Waals surface area contributed by atoms with Crippen LogP contribution in [0.1, 0.15) is 5.56 Å². The third-order valence-corrected chi connectivity index (χ3v) is 1.81. The van der Waals surface area contributed by atoms with Crippen LogP contribution in [0.3, 0.4) is 0 Å². The fourth-order valence-corrected chi connectivity index (χ4v) is 1.02. The van der Waals surface area contributed by atoms with Gasteiger partial charge in [-0.1, -0.05) is 6.07 Å². The van der Waals surface area contributed by atoms with Crippen LogP contribution in [0, 0.1) is 11.3 Å². The molecule has 82 valence electrons. The van der Waals surface area contributed by atoms with Crippen molar-refractivity contribution in [1.82, 2.24) is 5.43 Å². The minimum Gasteiger partial charge on any atom is -0.504 e. The molecule has 0 saturated heterocycles. The number of nitrogens with one attached hydrogen (secondary N) is 1. The molecule has 1 aromatic rings. The standard InChI is InChI=1S/C10H9N3O3/c11-5-7(10(16)13-12)3-6-1-2-8(14)9(15)4-6/h1-4,14-15H,12H2,(H,13,16). The summed E-state index contributed by atoms with van der Waals surface area (Å²) in [5.41, 5.74) is 2.02. The molecule has 0 spiro atoms. The Morgan fingerprint density at radius 2 is 2.12 bits per heavy atom. The summed E-state index contributed by atoms with van der Waals surface area (Å²) < 4.78 is 0. The van der Waals surface area contributed by atoms with Gasteiger partial charge < -0.3 is 10.2 Å². The molecule has 6 heteroatoms. The minimum atomic E-state index is -0.727. The number of carbonyl (C=O) groups excluding carboxylic acids is 1. The Hall–Kier alpha value is -2.52. The highest BCUT2D eigenvalue weighted by molar-refractivity contribution is 6.01. The third-order valence-electron chi connectivity index (χ3n) is 1.81. The lowest BCUT2D eigenvalue weighted by Crippen LogP contribution is -2.30. The highest BCUT2D eigenvalue weighted by Gasteiger charge is 2.07. The molecule has 16 heavy (non-hydrogen) atoms. The zero-order chi connectivity index (χ0) is 12.1. The van der Waals surface area contributed by atoms with E-state index in [-0.39, 0.29) is 17.1 Å². The average molecular weight is 219 g/mol. The van der Waals surface area contributed by atoms with E-state index in [1.54, 1.807) is 6.07 Å². The van der Waals surface area contributed by atoms with Crippen LogP contribution in [-0.2, 0) is 4.79 Å². The summed E-state index contributed by atoms with van der Waals surface area (Å²) in [5.74, 6) is 3.54. The van der Waals surface area contributed by atoms with Gasteiger partial charge in [-0.2, -0.15) is 5.26 Å². The van der Waals surface area contributed by atoms with E-state index >= 15 is 0 Å². The number of nitriles is 1. The van der Waals surface area contributed by atoms with E-state index in [2.05, 4.69) is 0 Å². The maximum atomic E-state index is 11.1. The van der Waals surface area contributed by atoms with Gasteiger partial charge in [0.25, 0.3) is 5.91 Å². The first-order valence-corrected chi connectivity index (χ1v) is 4.23. The maximum Gasteiger partial charge on any atom is 0.275 e. The van der Waals surface area contributed by atoms with Crippen molar-refractivity contribution >= 4 is 12.0 Å². The first-order chi connectivity index (χ1) is 7.58. The topological polar surface area (TPSA) is 119 Å². The summed E-state index contributed by atoms with van der Waals surface area (Å²) in [7, 11) is 0. The van der Waals surface area contributed by atoms with E-state index in [1.165, 1.54) is 24.3 Å². The van der Waals surface area contributed by atoms with Crippen LogP contribution in [-0.4, -0.2) is 16.1 Å². The van der Waals surface area contributed by atoms with Crippen LogP contribution in [0.4, 0.5) is 0 Å². The highest BCUT2D eigenvalue weighted by Crippen LogP contribution is 2.25. The molecule has 0 aliphatic carbocycles. The van der Waals surface area contributed by atoms with E-state index in [9.17, 15) is 9.90 Å². The van der Waals surface area contributed by atoms with Gasteiger partial charge in [-0.15, -0.1) is 0 Å². The number of rotatable bonds is 2. The van der Waals surface area contributed by atoms with Gasteiger partial charge in [-0.3, -0.25) is 10.2 Å². The number of hydrazine groups is 1. The Morgan fingerprint density at radius 3 is 2.62 bits per heavy atom. The molecule has 0 aliphatic heterocycles. The second kappa shape index (κ2) is 4.82. The molecule has 0 bridgehead atoms. The molecular formula is C10H9N3O3. The molecule has 1 rings (SSSR count). The van der Waals surface area contributed by atoms with E-state index in [1.807, 2.05) is 5.43 Å². The molecule has 0 aromatic heterocycles. The van der Waals surface area contributed by atoms with Crippen molar-refractivity contribution in [2.45, 2.75) is 0 Å². The first kappa shape index (κ1) is 11.6. The molecule has 6 nitrogen and oxygen atoms in total. The molecule has 0 saturated carbocycles. The number of aromatic hydroxyl groups is 2. The van der Waals surface area contributed by atoms with Crippen LogP contribution in [0.15, 0.2) is 23.8 Å². The van der Waals surface area contributed by atoms with Crippen LogP contribution >= 0.6 is 0 Å². The zero-order valence-corrected chi connectivity index (χ0v) is 8.14. The SMILES string of the molecule is N#CC(=Cc1ccc(O)c(O)c1)C(=O)NN. The van der Waals surface area contributed by atoms with Crippen molar-refractivity contribution in [3.63, 3.8) is 0 Å². The lowest BCUT2D eigenvalue weighted by Gasteiger charge is -2.00. The number of carbonyl (C=O) groups is 1. The lowest BCUT2D eigenvalue weighted by molar-refractivity contribution is -0.117. The van der Waals surface area contributed by atoms with Gasteiger partial charge in [-0.05, 0) is 23.8 Å². The average Bonchev–Trinajstić information content (AvgIpc) is 2.29. The van der Waals surface area contributed by atoms with Gasteiger partial charge in [0, 0.05) is 0 Å². The summed E-state index contributed by atoms with van der Waals surface area (Å²) in [6.07, 6.45) is 1.24. The number of phenols is 2. The number of nitrogens with zero attached hydrogens (tertiary/aromatic N) is 1. The molecule has 0 unspecified atom stereocenters. The number of hydrogen-bond donors (Lipinski definition) is 4. The fraction of sp³-hybridized carbons (Fsp3) is 0. The summed E-state index contributed by atoms with van der Waals surface area (Å²) in [5, 5.41) is 26.9. The second-order valence-corrected chi connectivity index (χ2v) is 2.89. The lowest BCUT2D eigenvalue weighted by atomic mass is 10.1. The van der Waals surface area contributed by atoms with Crippen molar-refractivity contribution in [3.05, 3.63) is 29.3 Å². The zero-order valence-electron chi connectivity index (χ0n) is 8.14. The molecule has 0 fully saturated rings. The third kappa shape index (κ3) is 2.50. The van der Waals surface area contributed by atoms with Gasteiger partial charge in [0.15, 0.2) is 11.5 Å². The van der Waals surface area contributed by atoms with Crippen molar-refractivity contribution in [3.8, 4) is 17.6 Å². The van der Waals surface area contributed by atoms with Crippen molar-refractivity contribution in [1.29, 1.82) is 5.26 Å². The van der Waals surface area contributed by atoms with Crippen LogP contribution in [0.2, 0.25) is 0 Å². The Kier molecular flexibility index (Phi) is 3.48. The van der Waals surface area contributed by atoms with E-state index in [0.717, 1.165) is 0 Å². The first-order valence-electron chi connectivity index (χ1n) is 4.23. The van der Waals surface area contributed by atoms with Crippen molar-refractivity contribution in [2.24, 2.45) is 5.84 Å². The van der Waals surface area contributed by atoms with Gasteiger partial charge in [0.05, 0.1) is 0 Å². The smallest absolute Gasteiger partial charge is 0.275 e. The van der Waals surface area contributed by atoms with E-state index in [0.29, 0.717) is 5.56 Å². The number of nitrogens with two attached hydrogens (primary N) is 1. The fourth-order valence-electron chi connectivity index (χ4n) is 1.02. The summed E-state index contributed by atoms with van der Waals surface area (Å²) in [6, 6.07) is 5.57. The van der Waals surface area contributed by atoms with Crippen molar-refractivity contribution < 1.29 is 15.0 Å². The Bertz CT molecular complexity index is 489. The number of hydrogen-bond acceptors (Lipinski definition) is 5. The summed E-state index contributed by atoms with van der Waals surface area (Å²) >= 11 is 0. The Balaban J connectivity index is 3.10. The molecule has 1 amide bonds. The molecule has 0 atom stereocenters. The van der Waals surface area contributed by atoms with Crippen LogP contribution < -0.4 is 11.3 Å². The monoisotopic (exact) mass is 219 g/mol. The Morgan fingerprint density at radius 1 is 1.44 bits per heavy atom. The van der Waals surface area contributed by atoms with Gasteiger partial charge >= 0.3 is 0 Å². The normalized spacial score (nSPS) is 10.6. The molecule has 0 aliphatic rings. The van der Waals surface area contributed by atoms with Gasteiger partial charge in [0.2, 0.25) is 0 Å². The minimum absolute atomic E-state index is 0.201. The van der Waals surface area contributed by atoms with Crippen LogP contribution in [0.25, 0.3) is 6.08 Å². The summed E-state index contributed by atoms with van der Waals surface area (Å²) in [6.45, 7) is 0. The molecule has 5 N–H and O–H groups in total. The van der Waals surface area contributed by atoms with Crippen molar-refractivity contribution in [2.75, 3.05) is 0 Å². The number of benzene rings is 1. The predicted octanol–water partition coefficient (Wildman–Crippen LogP) is -0.00532. The molecular weight excluding hydrogens is 210 g/mol.